The Labute approximate surface area is 313 Å². The SMILES string of the molecule is c1ccc(-c2nc(-c3ccc4ccccc4c3)nc(-c3ccc(-c4ccc5c(c4)oc4ccc6sc(-c7ccccc7)nc6c45)c4ccccc34)n2)cc1. The fourth-order valence-electron chi connectivity index (χ4n) is 7.54. The van der Waals surface area contributed by atoms with Gasteiger partial charge in [0.05, 0.1) is 15.6 Å². The number of thiazole rings is 1. The lowest BCUT2D eigenvalue weighted by molar-refractivity contribution is 0.669. The molecule has 0 bridgehead atoms. The van der Waals surface area contributed by atoms with Crippen LogP contribution in [0.3, 0.4) is 0 Å². The first-order valence-corrected chi connectivity index (χ1v) is 18.7. The molecule has 0 aliphatic rings. The number of fused-ring (bicyclic) bond motifs is 7. The van der Waals surface area contributed by atoms with Crippen LogP contribution in [-0.4, -0.2) is 19.9 Å². The second-order valence-electron chi connectivity index (χ2n) is 13.4. The van der Waals surface area contributed by atoms with Crippen molar-refractivity contribution in [1.29, 1.82) is 0 Å². The minimum absolute atomic E-state index is 0.629. The third kappa shape index (κ3) is 5.07. The second-order valence-corrected chi connectivity index (χ2v) is 14.5. The molecular weight excluding hydrogens is 681 g/mol. The molecule has 5 nitrogen and oxygen atoms in total. The maximum absolute atomic E-state index is 6.52. The Morgan fingerprint density at radius 1 is 0.389 bits per heavy atom. The largest absolute Gasteiger partial charge is 0.456 e. The van der Waals surface area contributed by atoms with E-state index in [0.29, 0.717) is 17.5 Å². The molecule has 0 fully saturated rings. The first-order valence-electron chi connectivity index (χ1n) is 17.9. The average molecular weight is 709 g/mol. The molecular formula is C48H28N4OS. The first-order chi connectivity index (χ1) is 26.7. The van der Waals surface area contributed by atoms with Crippen molar-refractivity contribution >= 4 is 65.0 Å². The zero-order valence-electron chi connectivity index (χ0n) is 28.8. The van der Waals surface area contributed by atoms with E-state index < -0.39 is 0 Å². The van der Waals surface area contributed by atoms with E-state index in [1.807, 2.05) is 36.4 Å². The Balaban J connectivity index is 1.05. The van der Waals surface area contributed by atoms with Crippen LogP contribution in [0, 0.1) is 0 Å². The molecule has 0 unspecified atom stereocenters. The van der Waals surface area contributed by atoms with E-state index in [4.69, 9.17) is 24.4 Å². The van der Waals surface area contributed by atoms with Crippen molar-refractivity contribution in [3.8, 4) is 55.9 Å². The Morgan fingerprint density at radius 2 is 1.04 bits per heavy atom. The van der Waals surface area contributed by atoms with Gasteiger partial charge < -0.3 is 4.42 Å². The van der Waals surface area contributed by atoms with Crippen LogP contribution in [0.1, 0.15) is 0 Å². The maximum atomic E-state index is 6.52. The summed E-state index contributed by atoms with van der Waals surface area (Å²) in [5, 5.41) is 7.61. The van der Waals surface area contributed by atoms with Crippen LogP contribution in [0.15, 0.2) is 174 Å². The average Bonchev–Trinajstić information content (AvgIpc) is 3.85. The van der Waals surface area contributed by atoms with Crippen molar-refractivity contribution < 1.29 is 4.42 Å². The zero-order valence-corrected chi connectivity index (χ0v) is 29.6. The van der Waals surface area contributed by atoms with Gasteiger partial charge in [-0.15, -0.1) is 11.3 Å². The highest BCUT2D eigenvalue weighted by atomic mass is 32.1. The third-order valence-corrected chi connectivity index (χ3v) is 11.2. The highest BCUT2D eigenvalue weighted by molar-refractivity contribution is 7.21. The van der Waals surface area contributed by atoms with Crippen molar-refractivity contribution in [2.45, 2.75) is 0 Å². The number of benzene rings is 8. The molecule has 3 aromatic heterocycles. The van der Waals surface area contributed by atoms with Crippen molar-refractivity contribution in [3.63, 3.8) is 0 Å². The Hall–Kier alpha value is -7.02. The predicted molar refractivity (Wildman–Crippen MR) is 222 cm³/mol. The monoisotopic (exact) mass is 708 g/mol. The molecule has 0 saturated carbocycles. The van der Waals surface area contributed by atoms with Gasteiger partial charge in [0.2, 0.25) is 0 Å². The summed E-state index contributed by atoms with van der Waals surface area (Å²) in [7, 11) is 0. The quantitative estimate of drug-likeness (QED) is 0.178. The van der Waals surface area contributed by atoms with E-state index >= 15 is 0 Å². The molecule has 252 valence electrons. The van der Waals surface area contributed by atoms with Crippen LogP contribution in [0.2, 0.25) is 0 Å². The number of hydrogen-bond acceptors (Lipinski definition) is 6. The third-order valence-electron chi connectivity index (χ3n) is 10.2. The van der Waals surface area contributed by atoms with Gasteiger partial charge >= 0.3 is 0 Å². The summed E-state index contributed by atoms with van der Waals surface area (Å²) < 4.78 is 7.66. The van der Waals surface area contributed by atoms with E-state index in [2.05, 4.69) is 133 Å². The lowest BCUT2D eigenvalue weighted by atomic mass is 9.94. The van der Waals surface area contributed by atoms with E-state index in [9.17, 15) is 0 Å². The molecule has 0 aliphatic carbocycles. The summed E-state index contributed by atoms with van der Waals surface area (Å²) in [4.78, 5) is 20.3. The van der Waals surface area contributed by atoms with Gasteiger partial charge in [0.15, 0.2) is 17.5 Å². The summed E-state index contributed by atoms with van der Waals surface area (Å²) >= 11 is 1.71. The Bertz CT molecular complexity index is 3220. The number of aromatic nitrogens is 4. The highest BCUT2D eigenvalue weighted by Crippen LogP contribution is 2.42. The normalized spacial score (nSPS) is 11.7. The molecule has 11 aromatic rings. The lowest BCUT2D eigenvalue weighted by Gasteiger charge is -2.13. The van der Waals surface area contributed by atoms with Crippen molar-refractivity contribution in [2.75, 3.05) is 0 Å². The van der Waals surface area contributed by atoms with Crippen molar-refractivity contribution in [3.05, 3.63) is 170 Å². The van der Waals surface area contributed by atoms with Crippen LogP contribution in [0.25, 0.3) is 110 Å². The van der Waals surface area contributed by atoms with Gasteiger partial charge in [-0.3, -0.25) is 0 Å². The van der Waals surface area contributed by atoms with E-state index in [0.717, 1.165) is 86.7 Å². The van der Waals surface area contributed by atoms with Crippen LogP contribution >= 0.6 is 11.3 Å². The summed E-state index contributed by atoms with van der Waals surface area (Å²) in [6, 6.07) is 58.7. The van der Waals surface area contributed by atoms with Gasteiger partial charge in [0.25, 0.3) is 0 Å². The van der Waals surface area contributed by atoms with E-state index in [-0.39, 0.29) is 0 Å². The molecule has 0 amide bonds. The van der Waals surface area contributed by atoms with Crippen LogP contribution in [-0.2, 0) is 0 Å². The van der Waals surface area contributed by atoms with Gasteiger partial charge in [-0.05, 0) is 69.1 Å². The fraction of sp³-hybridized carbons (Fsp3) is 0. The maximum Gasteiger partial charge on any atom is 0.164 e. The van der Waals surface area contributed by atoms with Crippen LogP contribution in [0.4, 0.5) is 0 Å². The summed E-state index contributed by atoms with van der Waals surface area (Å²) in [6.45, 7) is 0. The van der Waals surface area contributed by atoms with E-state index in [1.54, 1.807) is 11.3 Å². The number of nitrogens with zero attached hydrogens (tertiary/aromatic N) is 4. The number of rotatable bonds is 5. The van der Waals surface area contributed by atoms with Gasteiger partial charge in [-0.1, -0.05) is 133 Å². The van der Waals surface area contributed by atoms with Crippen molar-refractivity contribution in [2.24, 2.45) is 0 Å². The molecule has 6 heteroatoms. The Kier molecular flexibility index (Phi) is 6.97. The second kappa shape index (κ2) is 12.3. The van der Waals surface area contributed by atoms with Crippen LogP contribution in [0.5, 0.6) is 0 Å². The summed E-state index contributed by atoms with van der Waals surface area (Å²) in [5.41, 5.74) is 8.78. The Morgan fingerprint density at radius 3 is 1.85 bits per heavy atom. The van der Waals surface area contributed by atoms with Gasteiger partial charge in [0, 0.05) is 27.6 Å². The molecule has 0 saturated heterocycles. The zero-order chi connectivity index (χ0) is 35.6. The van der Waals surface area contributed by atoms with Crippen LogP contribution < -0.4 is 0 Å². The smallest absolute Gasteiger partial charge is 0.164 e. The van der Waals surface area contributed by atoms with Gasteiger partial charge in [-0.25, -0.2) is 19.9 Å². The molecule has 0 spiro atoms. The predicted octanol–water partition coefficient (Wildman–Crippen LogP) is 13.0. The molecule has 11 rings (SSSR count). The highest BCUT2D eigenvalue weighted by Gasteiger charge is 2.19. The minimum Gasteiger partial charge on any atom is -0.456 e. The number of hydrogen-bond donors (Lipinski definition) is 0. The number of furan rings is 1. The molecule has 54 heavy (non-hydrogen) atoms. The summed E-state index contributed by atoms with van der Waals surface area (Å²) in [6.07, 6.45) is 0. The molecule has 0 atom stereocenters. The minimum atomic E-state index is 0.629. The lowest BCUT2D eigenvalue weighted by Crippen LogP contribution is -2.00. The first kappa shape index (κ1) is 30.6. The topological polar surface area (TPSA) is 64.7 Å². The molecule has 3 heterocycles. The fourth-order valence-corrected chi connectivity index (χ4v) is 8.52. The van der Waals surface area contributed by atoms with Crippen molar-refractivity contribution in [1.82, 2.24) is 19.9 Å². The van der Waals surface area contributed by atoms with Gasteiger partial charge in [-0.2, -0.15) is 0 Å². The standard InChI is InChI=1S/C48H28N4OS/c1-3-12-30(13-4-1)45-50-46(34-20-19-29-11-7-8-16-32(29)27-34)52-47(51-45)38-24-23-35(36-17-9-10-18-37(36)38)33-21-22-39-41(28-33)53-40-25-26-42-44(43(39)40)49-48(54-42)31-14-5-2-6-15-31/h1-28H. The van der Waals surface area contributed by atoms with E-state index in [1.165, 1.54) is 5.39 Å². The molecule has 0 N–H and O–H groups in total. The van der Waals surface area contributed by atoms with Gasteiger partial charge in [0.1, 0.15) is 16.2 Å². The summed E-state index contributed by atoms with van der Waals surface area (Å²) in [5.74, 6) is 1.90. The molecule has 8 aromatic carbocycles. The molecule has 0 aliphatic heterocycles. The molecule has 0 radical (unpaired) electrons.